The number of hydrogen-bond donors (Lipinski definition) is 0. The van der Waals surface area contributed by atoms with Gasteiger partial charge in [0, 0.05) is 42.7 Å². The lowest BCUT2D eigenvalue weighted by molar-refractivity contribution is 1.28. The number of nitrogens with zero attached hydrogens (tertiary/aromatic N) is 1. The first-order valence-corrected chi connectivity index (χ1v) is 17.8. The summed E-state index contributed by atoms with van der Waals surface area (Å²) in [5.41, 5.74) is 13.1. The van der Waals surface area contributed by atoms with Crippen molar-refractivity contribution >= 4 is 48.6 Å². The summed E-state index contributed by atoms with van der Waals surface area (Å²) in [7, 11) is 0. The number of para-hydroxylation sites is 1. The Labute approximate surface area is 297 Å². The zero-order valence-electron chi connectivity index (χ0n) is 27.4. The summed E-state index contributed by atoms with van der Waals surface area (Å²) in [6.45, 7) is 0. The van der Waals surface area contributed by atoms with Crippen molar-refractivity contribution in [3.63, 3.8) is 0 Å². The van der Waals surface area contributed by atoms with Crippen LogP contribution >= 0.6 is 11.3 Å². The Hall–Kier alpha value is -6.22. The molecule has 0 spiro atoms. The van der Waals surface area contributed by atoms with Gasteiger partial charge in [-0.1, -0.05) is 164 Å². The molecular weight excluding hydrogens is 623 g/mol. The van der Waals surface area contributed by atoms with E-state index < -0.39 is 0 Å². The monoisotopic (exact) mass is 655 g/mol. The van der Waals surface area contributed by atoms with Crippen LogP contribution in [0.3, 0.4) is 0 Å². The van der Waals surface area contributed by atoms with Crippen LogP contribution < -0.4 is 4.90 Å². The minimum absolute atomic E-state index is 1.11. The van der Waals surface area contributed by atoms with Gasteiger partial charge in [0.05, 0.1) is 5.69 Å². The fraction of sp³-hybridized carbons (Fsp3) is 0. The van der Waals surface area contributed by atoms with Crippen molar-refractivity contribution in [2.45, 2.75) is 0 Å². The van der Waals surface area contributed by atoms with Crippen LogP contribution in [-0.4, -0.2) is 0 Å². The number of fused-ring (bicyclic) bond motifs is 3. The second-order valence-corrected chi connectivity index (χ2v) is 13.6. The normalized spacial score (nSPS) is 11.2. The third-order valence-electron chi connectivity index (χ3n) is 9.52. The summed E-state index contributed by atoms with van der Waals surface area (Å²) in [6, 6.07) is 72.2. The van der Waals surface area contributed by atoms with Crippen molar-refractivity contribution < 1.29 is 0 Å². The van der Waals surface area contributed by atoms with E-state index in [9.17, 15) is 0 Å². The lowest BCUT2D eigenvalue weighted by atomic mass is 9.98. The van der Waals surface area contributed by atoms with Crippen LogP contribution in [0.25, 0.3) is 64.7 Å². The first-order chi connectivity index (χ1) is 24.8. The SMILES string of the molecule is c1ccc(-c2ccc(-c3ccc(N(c4ccc(-c5ccccc5)cc4)c4ccccc4-c4cccc5c4sc4ccccc45)cc3)cc2)cc1. The molecule has 0 unspecified atom stereocenters. The third-order valence-corrected chi connectivity index (χ3v) is 10.7. The van der Waals surface area contributed by atoms with Crippen molar-refractivity contribution in [1.82, 2.24) is 0 Å². The van der Waals surface area contributed by atoms with E-state index in [1.54, 1.807) is 0 Å². The van der Waals surface area contributed by atoms with E-state index in [-0.39, 0.29) is 0 Å². The Morgan fingerprint density at radius 3 is 1.30 bits per heavy atom. The van der Waals surface area contributed by atoms with Gasteiger partial charge in [0.15, 0.2) is 0 Å². The van der Waals surface area contributed by atoms with Gasteiger partial charge in [0.2, 0.25) is 0 Å². The minimum Gasteiger partial charge on any atom is -0.310 e. The molecule has 50 heavy (non-hydrogen) atoms. The largest absolute Gasteiger partial charge is 0.310 e. The third kappa shape index (κ3) is 5.56. The van der Waals surface area contributed by atoms with Gasteiger partial charge in [-0.3, -0.25) is 0 Å². The molecule has 0 aliphatic rings. The number of hydrogen-bond acceptors (Lipinski definition) is 2. The topological polar surface area (TPSA) is 3.24 Å². The summed E-state index contributed by atoms with van der Waals surface area (Å²) in [6.07, 6.45) is 0. The lowest BCUT2D eigenvalue weighted by Crippen LogP contribution is -2.11. The second kappa shape index (κ2) is 13.0. The molecule has 0 saturated carbocycles. The van der Waals surface area contributed by atoms with Gasteiger partial charge in [0.25, 0.3) is 0 Å². The van der Waals surface area contributed by atoms with E-state index in [0.29, 0.717) is 0 Å². The standard InChI is InChI=1S/C48H33NS/c1-3-12-34(13-4-1)36-22-24-37(25-23-36)39-28-32-41(33-29-39)49(40-30-26-38(27-31-40)35-14-5-2-6-15-35)46-20-9-7-16-42(46)44-18-11-19-45-43-17-8-10-21-47(43)50-48(44)45/h1-33H. The zero-order valence-corrected chi connectivity index (χ0v) is 28.2. The summed E-state index contributed by atoms with van der Waals surface area (Å²) in [4.78, 5) is 2.40. The Kier molecular flexibility index (Phi) is 7.77. The predicted molar refractivity (Wildman–Crippen MR) is 216 cm³/mol. The molecule has 1 aromatic heterocycles. The van der Waals surface area contributed by atoms with Crippen LogP contribution in [0.5, 0.6) is 0 Å². The number of thiophene rings is 1. The number of anilines is 3. The van der Waals surface area contributed by atoms with Gasteiger partial charge in [-0.25, -0.2) is 0 Å². The molecule has 1 heterocycles. The summed E-state index contributed by atoms with van der Waals surface area (Å²) < 4.78 is 2.63. The maximum atomic E-state index is 2.40. The van der Waals surface area contributed by atoms with Crippen molar-refractivity contribution in [2.75, 3.05) is 4.90 Å². The molecule has 0 aliphatic carbocycles. The summed E-state index contributed by atoms with van der Waals surface area (Å²) in [5, 5.41) is 2.62. The van der Waals surface area contributed by atoms with Gasteiger partial charge < -0.3 is 4.90 Å². The highest BCUT2D eigenvalue weighted by molar-refractivity contribution is 7.26. The minimum atomic E-state index is 1.11. The van der Waals surface area contributed by atoms with Gasteiger partial charge >= 0.3 is 0 Å². The molecule has 0 atom stereocenters. The lowest BCUT2D eigenvalue weighted by Gasteiger charge is -2.28. The molecule has 9 rings (SSSR count). The van der Waals surface area contributed by atoms with Crippen molar-refractivity contribution in [1.29, 1.82) is 0 Å². The molecule has 2 heteroatoms. The fourth-order valence-electron chi connectivity index (χ4n) is 7.01. The van der Waals surface area contributed by atoms with E-state index in [0.717, 1.165) is 17.1 Å². The molecule has 236 valence electrons. The molecule has 8 aromatic carbocycles. The molecule has 0 radical (unpaired) electrons. The number of rotatable bonds is 7. The Bertz CT molecular complexity index is 2550. The molecule has 0 N–H and O–H groups in total. The maximum absolute atomic E-state index is 2.40. The van der Waals surface area contributed by atoms with E-state index in [1.165, 1.54) is 64.7 Å². The molecule has 9 aromatic rings. The van der Waals surface area contributed by atoms with E-state index in [2.05, 4.69) is 205 Å². The van der Waals surface area contributed by atoms with E-state index in [1.807, 2.05) is 11.3 Å². The van der Waals surface area contributed by atoms with E-state index in [4.69, 9.17) is 0 Å². The van der Waals surface area contributed by atoms with Gasteiger partial charge in [-0.05, 0) is 69.8 Å². The summed E-state index contributed by atoms with van der Waals surface area (Å²) >= 11 is 1.88. The Morgan fingerprint density at radius 2 is 0.720 bits per heavy atom. The molecule has 0 saturated heterocycles. The smallest absolute Gasteiger partial charge is 0.0540 e. The average molecular weight is 656 g/mol. The van der Waals surface area contributed by atoms with Crippen LogP contribution in [0.4, 0.5) is 17.1 Å². The molecule has 1 nitrogen and oxygen atoms in total. The maximum Gasteiger partial charge on any atom is 0.0540 e. The van der Waals surface area contributed by atoms with Crippen LogP contribution in [0, 0.1) is 0 Å². The zero-order chi connectivity index (χ0) is 33.3. The quantitative estimate of drug-likeness (QED) is 0.165. The van der Waals surface area contributed by atoms with Crippen LogP contribution in [0.2, 0.25) is 0 Å². The van der Waals surface area contributed by atoms with E-state index >= 15 is 0 Å². The van der Waals surface area contributed by atoms with Crippen molar-refractivity contribution in [2.24, 2.45) is 0 Å². The molecule has 0 aliphatic heterocycles. The van der Waals surface area contributed by atoms with Crippen molar-refractivity contribution in [3.8, 4) is 44.5 Å². The molecular formula is C48H33NS. The first kappa shape index (κ1) is 29.9. The molecule has 0 fully saturated rings. The first-order valence-electron chi connectivity index (χ1n) is 17.0. The molecule has 0 bridgehead atoms. The summed E-state index contributed by atoms with van der Waals surface area (Å²) in [5.74, 6) is 0. The fourth-order valence-corrected chi connectivity index (χ4v) is 8.24. The Morgan fingerprint density at radius 1 is 0.300 bits per heavy atom. The predicted octanol–water partition coefficient (Wildman–Crippen LogP) is 14.2. The average Bonchev–Trinajstić information content (AvgIpc) is 3.59. The van der Waals surface area contributed by atoms with Crippen LogP contribution in [-0.2, 0) is 0 Å². The van der Waals surface area contributed by atoms with Gasteiger partial charge in [-0.15, -0.1) is 11.3 Å². The van der Waals surface area contributed by atoms with Crippen LogP contribution in [0.15, 0.2) is 200 Å². The van der Waals surface area contributed by atoms with Gasteiger partial charge in [-0.2, -0.15) is 0 Å². The Balaban J connectivity index is 1.15. The number of benzene rings is 8. The van der Waals surface area contributed by atoms with Crippen molar-refractivity contribution in [3.05, 3.63) is 200 Å². The highest BCUT2D eigenvalue weighted by atomic mass is 32.1. The van der Waals surface area contributed by atoms with Crippen LogP contribution in [0.1, 0.15) is 0 Å². The second-order valence-electron chi connectivity index (χ2n) is 12.5. The highest BCUT2D eigenvalue weighted by Crippen LogP contribution is 2.46. The van der Waals surface area contributed by atoms with Gasteiger partial charge in [0.1, 0.15) is 0 Å². The molecule has 0 amide bonds. The highest BCUT2D eigenvalue weighted by Gasteiger charge is 2.19.